The molecule has 1 aromatic rings. The van der Waals surface area contributed by atoms with Crippen molar-refractivity contribution in [2.45, 2.75) is 25.8 Å². The molecule has 0 aromatic heterocycles. The fourth-order valence-electron chi connectivity index (χ4n) is 2.51. The second-order valence-electron chi connectivity index (χ2n) is 5.42. The molecule has 1 heterocycles. The van der Waals surface area contributed by atoms with Crippen LogP contribution in [0.1, 0.15) is 19.8 Å². The van der Waals surface area contributed by atoms with Crippen molar-refractivity contribution in [2.75, 3.05) is 39.6 Å². The Bertz CT molecular complexity index is 366. The second kappa shape index (κ2) is 9.77. The van der Waals surface area contributed by atoms with Gasteiger partial charge in [0.1, 0.15) is 12.4 Å². The van der Waals surface area contributed by atoms with Crippen LogP contribution < -0.4 is 10.1 Å². The first-order valence-corrected chi connectivity index (χ1v) is 7.97. The van der Waals surface area contributed by atoms with Crippen LogP contribution in [0.15, 0.2) is 30.3 Å². The van der Waals surface area contributed by atoms with Gasteiger partial charge < -0.3 is 19.5 Å². The van der Waals surface area contributed by atoms with Gasteiger partial charge in [0.25, 0.3) is 0 Å². The van der Waals surface area contributed by atoms with E-state index >= 15 is 0 Å². The fraction of sp³-hybridized carbons (Fsp3) is 0.647. The summed E-state index contributed by atoms with van der Waals surface area (Å²) in [4.78, 5) is 0. The number of para-hydroxylation sites is 1. The SMILES string of the molecule is CCCNC(COCCOc1ccccc1)C1CCOC1. The summed E-state index contributed by atoms with van der Waals surface area (Å²) in [6.07, 6.45) is 2.27. The van der Waals surface area contributed by atoms with E-state index in [1.54, 1.807) is 0 Å². The zero-order valence-electron chi connectivity index (χ0n) is 12.9. The normalized spacial score (nSPS) is 19.6. The number of ether oxygens (including phenoxy) is 3. The molecule has 0 spiro atoms. The number of nitrogens with one attached hydrogen (secondary N) is 1. The summed E-state index contributed by atoms with van der Waals surface area (Å²) in [6, 6.07) is 10.2. The van der Waals surface area contributed by atoms with Crippen molar-refractivity contribution in [2.24, 2.45) is 5.92 Å². The van der Waals surface area contributed by atoms with Gasteiger partial charge in [-0.25, -0.2) is 0 Å². The Balaban J connectivity index is 1.62. The van der Waals surface area contributed by atoms with Crippen molar-refractivity contribution in [3.05, 3.63) is 30.3 Å². The molecule has 1 aliphatic rings. The van der Waals surface area contributed by atoms with Crippen LogP contribution in [0.5, 0.6) is 5.75 Å². The molecule has 1 aromatic carbocycles. The standard InChI is InChI=1S/C17H27NO3/c1-2-9-18-17(15-8-10-19-13-15)14-20-11-12-21-16-6-4-3-5-7-16/h3-7,15,17-18H,2,8-14H2,1H3. The molecule has 0 amide bonds. The third-order valence-electron chi connectivity index (χ3n) is 3.73. The molecule has 4 heteroatoms. The minimum atomic E-state index is 0.393. The highest BCUT2D eigenvalue weighted by atomic mass is 16.5. The highest BCUT2D eigenvalue weighted by molar-refractivity contribution is 5.20. The van der Waals surface area contributed by atoms with Gasteiger partial charge in [0.05, 0.1) is 19.8 Å². The maximum atomic E-state index is 5.78. The molecular formula is C17H27NO3. The van der Waals surface area contributed by atoms with Crippen LogP contribution in [0, 0.1) is 5.92 Å². The van der Waals surface area contributed by atoms with E-state index in [0.29, 0.717) is 25.2 Å². The Labute approximate surface area is 127 Å². The van der Waals surface area contributed by atoms with Crippen LogP contribution in [0.3, 0.4) is 0 Å². The van der Waals surface area contributed by atoms with Crippen molar-refractivity contribution >= 4 is 0 Å². The number of hydrogen-bond donors (Lipinski definition) is 1. The van der Waals surface area contributed by atoms with Gasteiger partial charge in [0, 0.05) is 18.6 Å². The van der Waals surface area contributed by atoms with E-state index in [1.165, 1.54) is 0 Å². The molecular weight excluding hydrogens is 266 g/mol. The van der Waals surface area contributed by atoms with Gasteiger partial charge in [-0.3, -0.25) is 0 Å². The lowest BCUT2D eigenvalue weighted by atomic mass is 9.99. The summed E-state index contributed by atoms with van der Waals surface area (Å²) < 4.78 is 16.9. The van der Waals surface area contributed by atoms with E-state index in [0.717, 1.165) is 45.0 Å². The van der Waals surface area contributed by atoms with E-state index in [2.05, 4.69) is 12.2 Å². The van der Waals surface area contributed by atoms with Crippen molar-refractivity contribution in [3.63, 3.8) is 0 Å². The number of benzene rings is 1. The lowest BCUT2D eigenvalue weighted by Crippen LogP contribution is -2.41. The molecule has 1 fully saturated rings. The van der Waals surface area contributed by atoms with Gasteiger partial charge in [-0.05, 0) is 31.5 Å². The van der Waals surface area contributed by atoms with E-state index in [1.807, 2.05) is 30.3 Å². The maximum Gasteiger partial charge on any atom is 0.119 e. The Morgan fingerprint density at radius 1 is 1.29 bits per heavy atom. The monoisotopic (exact) mass is 293 g/mol. The van der Waals surface area contributed by atoms with Crippen molar-refractivity contribution < 1.29 is 14.2 Å². The molecule has 1 saturated heterocycles. The molecule has 21 heavy (non-hydrogen) atoms. The van der Waals surface area contributed by atoms with Crippen molar-refractivity contribution in [1.82, 2.24) is 5.32 Å². The quantitative estimate of drug-likeness (QED) is 0.673. The van der Waals surface area contributed by atoms with Crippen molar-refractivity contribution in [3.8, 4) is 5.75 Å². The number of rotatable bonds is 10. The Hall–Kier alpha value is -1.10. The van der Waals surface area contributed by atoms with Gasteiger partial charge in [-0.2, -0.15) is 0 Å². The predicted octanol–water partition coefficient (Wildman–Crippen LogP) is 2.49. The summed E-state index contributed by atoms with van der Waals surface area (Å²) in [7, 11) is 0. The molecule has 118 valence electrons. The first-order valence-electron chi connectivity index (χ1n) is 7.97. The first-order chi connectivity index (χ1) is 10.4. The Kier molecular flexibility index (Phi) is 7.57. The molecule has 0 aliphatic carbocycles. The smallest absolute Gasteiger partial charge is 0.119 e. The molecule has 0 bridgehead atoms. The molecule has 2 unspecified atom stereocenters. The fourth-order valence-corrected chi connectivity index (χ4v) is 2.51. The lowest BCUT2D eigenvalue weighted by Gasteiger charge is -2.23. The highest BCUT2D eigenvalue weighted by Gasteiger charge is 2.25. The van der Waals surface area contributed by atoms with Gasteiger partial charge >= 0.3 is 0 Å². The summed E-state index contributed by atoms with van der Waals surface area (Å²) in [5.74, 6) is 1.47. The van der Waals surface area contributed by atoms with Gasteiger partial charge in [0.15, 0.2) is 0 Å². The first kappa shape index (κ1) is 16.3. The second-order valence-corrected chi connectivity index (χ2v) is 5.42. The minimum absolute atomic E-state index is 0.393. The topological polar surface area (TPSA) is 39.7 Å². The zero-order valence-corrected chi connectivity index (χ0v) is 12.9. The van der Waals surface area contributed by atoms with E-state index in [-0.39, 0.29) is 0 Å². The third kappa shape index (κ3) is 6.04. The Morgan fingerprint density at radius 2 is 2.14 bits per heavy atom. The molecule has 2 rings (SSSR count). The average molecular weight is 293 g/mol. The molecule has 0 radical (unpaired) electrons. The van der Waals surface area contributed by atoms with Crippen LogP contribution in [0.2, 0.25) is 0 Å². The summed E-state index contributed by atoms with van der Waals surface area (Å²) in [6.45, 7) is 6.89. The Morgan fingerprint density at radius 3 is 2.86 bits per heavy atom. The summed E-state index contributed by atoms with van der Waals surface area (Å²) in [5, 5.41) is 3.57. The molecule has 1 aliphatic heterocycles. The molecule has 4 nitrogen and oxygen atoms in total. The zero-order chi connectivity index (χ0) is 14.8. The van der Waals surface area contributed by atoms with Crippen LogP contribution in [0.4, 0.5) is 0 Å². The third-order valence-corrected chi connectivity index (χ3v) is 3.73. The molecule has 1 N–H and O–H groups in total. The largest absolute Gasteiger partial charge is 0.491 e. The van der Waals surface area contributed by atoms with E-state index < -0.39 is 0 Å². The van der Waals surface area contributed by atoms with Crippen LogP contribution in [-0.2, 0) is 9.47 Å². The number of hydrogen-bond acceptors (Lipinski definition) is 4. The lowest BCUT2D eigenvalue weighted by molar-refractivity contribution is 0.0668. The average Bonchev–Trinajstić information content (AvgIpc) is 3.05. The summed E-state index contributed by atoms with van der Waals surface area (Å²) in [5.41, 5.74) is 0. The highest BCUT2D eigenvalue weighted by Crippen LogP contribution is 2.17. The van der Waals surface area contributed by atoms with Crippen LogP contribution >= 0.6 is 0 Å². The van der Waals surface area contributed by atoms with E-state index in [9.17, 15) is 0 Å². The van der Waals surface area contributed by atoms with Crippen molar-refractivity contribution in [1.29, 1.82) is 0 Å². The predicted molar refractivity (Wildman–Crippen MR) is 83.8 cm³/mol. The minimum Gasteiger partial charge on any atom is -0.491 e. The van der Waals surface area contributed by atoms with E-state index in [4.69, 9.17) is 14.2 Å². The maximum absolute atomic E-state index is 5.78. The van der Waals surface area contributed by atoms with Crippen LogP contribution in [-0.4, -0.2) is 45.6 Å². The van der Waals surface area contributed by atoms with Gasteiger partial charge in [0.2, 0.25) is 0 Å². The van der Waals surface area contributed by atoms with Gasteiger partial charge in [-0.1, -0.05) is 25.1 Å². The van der Waals surface area contributed by atoms with Crippen LogP contribution in [0.25, 0.3) is 0 Å². The van der Waals surface area contributed by atoms with Gasteiger partial charge in [-0.15, -0.1) is 0 Å². The molecule has 2 atom stereocenters. The molecule has 0 saturated carbocycles. The summed E-state index contributed by atoms with van der Waals surface area (Å²) >= 11 is 0.